The van der Waals surface area contributed by atoms with Crippen LogP contribution in [0.15, 0.2) is 4.21 Å². The number of nitrogen functional groups attached to an aromatic ring is 1. The maximum absolute atomic E-state index is 12.5. The molecule has 0 aromatic carbocycles. The normalized spacial score (nSPS) is 20.9. The van der Waals surface area contributed by atoms with E-state index < -0.39 is 10.0 Å². The molecule has 17 heavy (non-hydrogen) atoms. The highest BCUT2D eigenvalue weighted by Gasteiger charge is 2.42. The Morgan fingerprint density at radius 2 is 2.12 bits per heavy atom. The number of aromatic nitrogens is 1. The molecule has 0 aliphatic carbocycles. The summed E-state index contributed by atoms with van der Waals surface area (Å²) in [6, 6.07) is 0. The van der Waals surface area contributed by atoms with Crippen molar-refractivity contribution < 1.29 is 8.42 Å². The Hall–Kier alpha value is -0.660. The lowest BCUT2D eigenvalue weighted by atomic mass is 10.0. The summed E-state index contributed by atoms with van der Waals surface area (Å²) in [6.07, 6.45) is 1.79. The maximum atomic E-state index is 12.5. The van der Waals surface area contributed by atoms with Crippen molar-refractivity contribution in [1.82, 2.24) is 9.29 Å². The molecule has 0 radical (unpaired) electrons. The molecule has 1 aliphatic rings. The molecule has 0 spiro atoms. The monoisotopic (exact) mass is 275 g/mol. The highest BCUT2D eigenvalue weighted by molar-refractivity contribution is 7.91. The van der Waals surface area contributed by atoms with Crippen LogP contribution in [0.5, 0.6) is 0 Å². The number of anilines is 1. The van der Waals surface area contributed by atoms with Crippen LogP contribution in [0.25, 0.3) is 0 Å². The van der Waals surface area contributed by atoms with Crippen LogP contribution in [0.1, 0.15) is 32.4 Å². The molecule has 1 aromatic heterocycles. The van der Waals surface area contributed by atoms with Gasteiger partial charge in [0, 0.05) is 12.1 Å². The molecule has 5 nitrogen and oxygen atoms in total. The number of thiazole rings is 1. The highest BCUT2D eigenvalue weighted by atomic mass is 32.2. The smallest absolute Gasteiger partial charge is 0.254 e. The van der Waals surface area contributed by atoms with E-state index >= 15 is 0 Å². The van der Waals surface area contributed by atoms with Gasteiger partial charge in [0.25, 0.3) is 10.0 Å². The molecule has 0 unspecified atom stereocenters. The van der Waals surface area contributed by atoms with Crippen LogP contribution in [0, 0.1) is 6.92 Å². The third-order valence-electron chi connectivity index (χ3n) is 3.12. The summed E-state index contributed by atoms with van der Waals surface area (Å²) >= 11 is 1.05. The van der Waals surface area contributed by atoms with Gasteiger partial charge < -0.3 is 5.73 Å². The molecule has 7 heteroatoms. The minimum absolute atomic E-state index is 0.282. The maximum Gasteiger partial charge on any atom is 0.254 e. The van der Waals surface area contributed by atoms with Crippen LogP contribution in [0.2, 0.25) is 0 Å². The SMILES string of the molecule is Cc1nc(N)sc1S(=O)(=O)N1CCCC1(C)C. The number of nitrogens with two attached hydrogens (primary N) is 1. The summed E-state index contributed by atoms with van der Waals surface area (Å²) in [7, 11) is -3.45. The minimum atomic E-state index is -3.45. The summed E-state index contributed by atoms with van der Waals surface area (Å²) in [4.78, 5) is 3.99. The minimum Gasteiger partial charge on any atom is -0.375 e. The first-order chi connectivity index (χ1) is 7.75. The van der Waals surface area contributed by atoms with E-state index in [1.54, 1.807) is 11.2 Å². The second-order valence-corrected chi connectivity index (χ2v) is 8.01. The van der Waals surface area contributed by atoms with Crippen molar-refractivity contribution in [1.29, 1.82) is 0 Å². The van der Waals surface area contributed by atoms with Gasteiger partial charge in [-0.15, -0.1) is 0 Å². The number of hydrogen-bond donors (Lipinski definition) is 1. The second kappa shape index (κ2) is 3.93. The summed E-state index contributed by atoms with van der Waals surface area (Å²) in [5.74, 6) is 0. The molecule has 0 saturated carbocycles. The molecule has 96 valence electrons. The molecule has 0 bridgehead atoms. The van der Waals surface area contributed by atoms with Crippen LogP contribution >= 0.6 is 11.3 Å². The Morgan fingerprint density at radius 3 is 2.53 bits per heavy atom. The predicted octanol–water partition coefficient (Wildman–Crippen LogP) is 1.60. The Labute approximate surface area is 106 Å². The van der Waals surface area contributed by atoms with Crippen LogP contribution in [-0.4, -0.2) is 29.8 Å². The fraction of sp³-hybridized carbons (Fsp3) is 0.700. The number of sulfonamides is 1. The van der Waals surface area contributed by atoms with E-state index in [9.17, 15) is 8.42 Å². The lowest BCUT2D eigenvalue weighted by Gasteiger charge is -2.30. The zero-order valence-corrected chi connectivity index (χ0v) is 11.9. The van der Waals surface area contributed by atoms with Gasteiger partial charge in [-0.2, -0.15) is 4.31 Å². The lowest BCUT2D eigenvalue weighted by Crippen LogP contribution is -2.42. The number of rotatable bonds is 2. The Kier molecular flexibility index (Phi) is 2.95. The standard InChI is InChI=1S/C10H17N3O2S2/c1-7-8(16-9(11)12-7)17(14,15)13-6-4-5-10(13,2)3/h4-6H2,1-3H3,(H2,11,12). The van der Waals surface area contributed by atoms with Crippen LogP contribution in [0.3, 0.4) is 0 Å². The second-order valence-electron chi connectivity index (χ2n) is 4.92. The van der Waals surface area contributed by atoms with Crippen LogP contribution in [0.4, 0.5) is 5.13 Å². The topological polar surface area (TPSA) is 76.3 Å². The highest BCUT2D eigenvalue weighted by Crippen LogP contribution is 2.37. The molecule has 0 atom stereocenters. The third-order valence-corrected chi connectivity index (χ3v) is 6.80. The van der Waals surface area contributed by atoms with E-state index in [0.29, 0.717) is 17.4 Å². The first-order valence-corrected chi connectivity index (χ1v) is 7.76. The molecule has 1 aliphatic heterocycles. The zero-order chi connectivity index (χ0) is 12.8. The molecule has 2 rings (SSSR count). The van der Waals surface area contributed by atoms with E-state index in [0.717, 1.165) is 24.2 Å². The molecule has 2 heterocycles. The predicted molar refractivity (Wildman–Crippen MR) is 68.5 cm³/mol. The van der Waals surface area contributed by atoms with Crippen molar-refractivity contribution >= 4 is 26.5 Å². The first-order valence-electron chi connectivity index (χ1n) is 5.51. The molecular weight excluding hydrogens is 258 g/mol. The summed E-state index contributed by atoms with van der Waals surface area (Å²) in [6.45, 7) is 6.17. The van der Waals surface area contributed by atoms with E-state index in [1.165, 1.54) is 0 Å². The average Bonchev–Trinajstić information content (AvgIpc) is 2.69. The average molecular weight is 275 g/mol. The van der Waals surface area contributed by atoms with Crippen molar-refractivity contribution in [3.05, 3.63) is 5.69 Å². The van der Waals surface area contributed by atoms with Crippen molar-refractivity contribution in [2.45, 2.75) is 43.4 Å². The van der Waals surface area contributed by atoms with Crippen molar-refractivity contribution in [3.63, 3.8) is 0 Å². The molecule has 1 saturated heterocycles. The first kappa shape index (κ1) is 12.8. The van der Waals surface area contributed by atoms with Gasteiger partial charge in [0.2, 0.25) is 0 Å². The molecule has 1 fully saturated rings. The van der Waals surface area contributed by atoms with E-state index in [4.69, 9.17) is 5.73 Å². The Bertz CT molecular complexity index is 534. The molecule has 0 amide bonds. The van der Waals surface area contributed by atoms with Gasteiger partial charge in [-0.25, -0.2) is 13.4 Å². The fourth-order valence-corrected chi connectivity index (χ4v) is 5.51. The summed E-state index contributed by atoms with van der Waals surface area (Å²) in [5, 5.41) is 0.304. The molecular formula is C10H17N3O2S2. The Morgan fingerprint density at radius 1 is 1.47 bits per heavy atom. The fourth-order valence-electron chi connectivity index (χ4n) is 2.27. The van der Waals surface area contributed by atoms with Gasteiger partial charge in [0.1, 0.15) is 0 Å². The van der Waals surface area contributed by atoms with Gasteiger partial charge in [-0.05, 0) is 33.6 Å². The molecule has 2 N–H and O–H groups in total. The quantitative estimate of drug-likeness (QED) is 0.889. The van der Waals surface area contributed by atoms with Gasteiger partial charge in [-0.1, -0.05) is 11.3 Å². The van der Waals surface area contributed by atoms with Crippen molar-refractivity contribution in [2.24, 2.45) is 0 Å². The number of aryl methyl sites for hydroxylation is 1. The van der Waals surface area contributed by atoms with Crippen LogP contribution < -0.4 is 5.73 Å². The van der Waals surface area contributed by atoms with Gasteiger partial charge >= 0.3 is 0 Å². The lowest BCUT2D eigenvalue weighted by molar-refractivity contribution is 0.292. The third kappa shape index (κ3) is 2.07. The van der Waals surface area contributed by atoms with Crippen molar-refractivity contribution in [2.75, 3.05) is 12.3 Å². The zero-order valence-electron chi connectivity index (χ0n) is 10.2. The van der Waals surface area contributed by atoms with Gasteiger partial charge in [-0.3, -0.25) is 0 Å². The van der Waals surface area contributed by atoms with Crippen molar-refractivity contribution in [3.8, 4) is 0 Å². The Balaban J connectivity index is 2.47. The van der Waals surface area contributed by atoms with Gasteiger partial charge in [0.15, 0.2) is 9.34 Å². The molecule has 1 aromatic rings. The van der Waals surface area contributed by atoms with E-state index in [-0.39, 0.29) is 9.75 Å². The number of nitrogens with zero attached hydrogens (tertiary/aromatic N) is 2. The largest absolute Gasteiger partial charge is 0.375 e. The summed E-state index contributed by atoms with van der Waals surface area (Å²) in [5.41, 5.74) is 5.75. The van der Waals surface area contributed by atoms with E-state index in [2.05, 4.69) is 4.98 Å². The van der Waals surface area contributed by atoms with E-state index in [1.807, 2.05) is 13.8 Å². The van der Waals surface area contributed by atoms with Crippen LogP contribution in [-0.2, 0) is 10.0 Å². The number of hydrogen-bond acceptors (Lipinski definition) is 5. The van der Waals surface area contributed by atoms with Gasteiger partial charge in [0.05, 0.1) is 5.69 Å². The summed E-state index contributed by atoms with van der Waals surface area (Å²) < 4.78 is 26.9.